The van der Waals surface area contributed by atoms with Crippen LogP contribution in [0.25, 0.3) is 0 Å². The summed E-state index contributed by atoms with van der Waals surface area (Å²) in [6, 6.07) is -0.930. The van der Waals surface area contributed by atoms with Gasteiger partial charge in [0.05, 0.1) is 18.1 Å². The van der Waals surface area contributed by atoms with Crippen LogP contribution in [0.3, 0.4) is 0 Å². The van der Waals surface area contributed by atoms with Gasteiger partial charge in [0.15, 0.2) is 6.04 Å². The molecule has 1 aliphatic rings. The lowest BCUT2D eigenvalue weighted by Crippen LogP contribution is -2.40. The van der Waals surface area contributed by atoms with Gasteiger partial charge in [-0.3, -0.25) is 4.84 Å². The van der Waals surface area contributed by atoms with Crippen LogP contribution in [-0.4, -0.2) is 52.7 Å². The molecule has 0 saturated carbocycles. The van der Waals surface area contributed by atoms with Crippen LogP contribution < -0.4 is 0 Å². The number of ether oxygens (including phenoxy) is 2. The number of nitrogens with zero attached hydrogens (tertiary/aromatic N) is 3. The number of carbonyl (C=O) groups excluding carboxylic acids is 1. The first-order valence-corrected chi connectivity index (χ1v) is 6.12. The molecule has 1 N–H and O–H groups in total. The Balaban J connectivity index is 2.48. The number of hydrogen-bond donors (Lipinski definition) is 1. The largest absolute Gasteiger partial charge is 0.569 e. The van der Waals surface area contributed by atoms with Gasteiger partial charge < -0.3 is 19.8 Å². The quantitative estimate of drug-likeness (QED) is 0.251. The smallest absolute Gasteiger partial charge is 0.511 e. The summed E-state index contributed by atoms with van der Waals surface area (Å²) >= 11 is 0. The highest BCUT2D eigenvalue weighted by Crippen LogP contribution is 2.17. The Kier molecular flexibility index (Phi) is 5.81. The summed E-state index contributed by atoms with van der Waals surface area (Å²) in [5, 5.41) is 24.7. The van der Waals surface area contributed by atoms with Crippen LogP contribution in [0.5, 0.6) is 0 Å². The van der Waals surface area contributed by atoms with E-state index in [9.17, 15) is 14.8 Å². The Morgan fingerprint density at radius 1 is 1.60 bits per heavy atom. The molecule has 1 fully saturated rings. The van der Waals surface area contributed by atoms with E-state index in [4.69, 9.17) is 5.11 Å². The Bertz CT molecular complexity index is 387. The van der Waals surface area contributed by atoms with Gasteiger partial charge >= 0.3 is 12.1 Å². The molecule has 1 aliphatic heterocycles. The average Bonchev–Trinajstić information content (AvgIpc) is 2.85. The highest BCUT2D eigenvalue weighted by molar-refractivity contribution is 5.73. The van der Waals surface area contributed by atoms with Crippen molar-refractivity contribution in [1.82, 2.24) is 5.01 Å². The Morgan fingerprint density at radius 3 is 2.90 bits per heavy atom. The molecular weight excluding hydrogens is 274 g/mol. The molecule has 0 aromatic carbocycles. The standard InChI is InChI=1S/C10H17N3O7/c1-3-18-10(16)19-7(2)20-11-13(17)12-6-4-5-8(12)9(14)15/h7-8H,3-6H2,1-2H3,(H,14,15)/t7?,8-/m0/s1. The fourth-order valence-electron chi connectivity index (χ4n) is 1.67. The molecular formula is C10H17N3O7. The van der Waals surface area contributed by atoms with Crippen molar-refractivity contribution in [3.8, 4) is 0 Å². The molecule has 1 unspecified atom stereocenters. The minimum absolute atomic E-state index is 0.0524. The van der Waals surface area contributed by atoms with Gasteiger partial charge in [0.25, 0.3) is 6.29 Å². The summed E-state index contributed by atoms with van der Waals surface area (Å²) in [4.78, 5) is 26.5. The van der Waals surface area contributed by atoms with Gasteiger partial charge in [-0.15, -0.1) is 5.01 Å². The number of carboxylic acid groups (broad SMARTS) is 1. The van der Waals surface area contributed by atoms with E-state index in [1.54, 1.807) is 6.92 Å². The lowest BCUT2D eigenvalue weighted by molar-refractivity contribution is -0.714. The predicted molar refractivity (Wildman–Crippen MR) is 62.1 cm³/mol. The van der Waals surface area contributed by atoms with Crippen molar-refractivity contribution in [3.63, 3.8) is 0 Å². The zero-order valence-electron chi connectivity index (χ0n) is 11.2. The van der Waals surface area contributed by atoms with Crippen molar-refractivity contribution >= 4 is 12.1 Å². The second-order valence-corrected chi connectivity index (χ2v) is 3.97. The maximum Gasteiger partial charge on any atom is 0.511 e. The van der Waals surface area contributed by atoms with Crippen LogP contribution in [0.1, 0.15) is 26.7 Å². The van der Waals surface area contributed by atoms with E-state index in [0.717, 1.165) is 5.01 Å². The molecule has 1 heterocycles. The summed E-state index contributed by atoms with van der Waals surface area (Å²) in [7, 11) is 0. The lowest BCUT2D eigenvalue weighted by Gasteiger charge is -2.17. The fraction of sp³-hybridized carbons (Fsp3) is 0.800. The normalized spacial score (nSPS) is 20.4. The summed E-state index contributed by atoms with van der Waals surface area (Å²) < 4.78 is 9.11. The SMILES string of the molecule is CCOC(=O)OC(C)ON=[N+]([O-])N1CCC[C@H]1C(=O)O. The minimum Gasteiger partial charge on any atom is -0.569 e. The second-order valence-electron chi connectivity index (χ2n) is 3.97. The van der Waals surface area contributed by atoms with Crippen molar-refractivity contribution in [3.05, 3.63) is 5.21 Å². The number of rotatable bonds is 6. The molecule has 114 valence electrons. The highest BCUT2D eigenvalue weighted by Gasteiger charge is 2.37. The Morgan fingerprint density at radius 2 is 2.30 bits per heavy atom. The number of hydrazine groups is 1. The maximum absolute atomic E-state index is 11.6. The van der Waals surface area contributed by atoms with E-state index in [1.807, 2.05) is 0 Å². The van der Waals surface area contributed by atoms with E-state index in [-0.39, 0.29) is 18.1 Å². The zero-order chi connectivity index (χ0) is 15.1. The summed E-state index contributed by atoms with van der Waals surface area (Å²) in [5.41, 5.74) is 0. The average molecular weight is 291 g/mol. The second kappa shape index (κ2) is 7.36. The first-order valence-electron chi connectivity index (χ1n) is 6.12. The number of carbonyl (C=O) groups is 2. The van der Waals surface area contributed by atoms with Crippen molar-refractivity contribution in [1.29, 1.82) is 0 Å². The predicted octanol–water partition coefficient (Wildman–Crippen LogP) is 0.864. The van der Waals surface area contributed by atoms with Crippen molar-refractivity contribution in [2.24, 2.45) is 5.28 Å². The zero-order valence-corrected chi connectivity index (χ0v) is 11.2. The van der Waals surface area contributed by atoms with Gasteiger partial charge in [-0.2, -0.15) is 0 Å². The van der Waals surface area contributed by atoms with Gasteiger partial charge in [-0.05, 0) is 19.8 Å². The molecule has 2 atom stereocenters. The van der Waals surface area contributed by atoms with Crippen molar-refractivity contribution in [2.45, 2.75) is 39.0 Å². The topological polar surface area (TPSA) is 124 Å². The third-order valence-corrected chi connectivity index (χ3v) is 2.52. The third-order valence-electron chi connectivity index (χ3n) is 2.52. The number of carboxylic acids is 1. The molecule has 0 bridgehead atoms. The van der Waals surface area contributed by atoms with E-state index in [0.29, 0.717) is 12.8 Å². The molecule has 0 aliphatic carbocycles. The highest BCUT2D eigenvalue weighted by atomic mass is 16.8. The number of aliphatic carboxylic acids is 1. The first-order chi connectivity index (χ1) is 9.45. The van der Waals surface area contributed by atoms with Crippen LogP contribution in [-0.2, 0) is 19.1 Å². The van der Waals surface area contributed by atoms with Crippen LogP contribution in [0.15, 0.2) is 5.28 Å². The summed E-state index contributed by atoms with van der Waals surface area (Å²) in [6.07, 6.45) is -1.15. The fourth-order valence-corrected chi connectivity index (χ4v) is 1.67. The molecule has 0 radical (unpaired) electrons. The van der Waals surface area contributed by atoms with Crippen molar-refractivity contribution < 1.29 is 34.0 Å². The Labute approximate surface area is 115 Å². The van der Waals surface area contributed by atoms with Gasteiger partial charge in [-0.25, -0.2) is 9.59 Å². The molecule has 1 saturated heterocycles. The molecule has 0 amide bonds. The monoisotopic (exact) mass is 291 g/mol. The van der Waals surface area contributed by atoms with Crippen LogP contribution in [0.4, 0.5) is 4.79 Å². The van der Waals surface area contributed by atoms with E-state index < -0.39 is 24.5 Å². The maximum atomic E-state index is 11.6. The van der Waals surface area contributed by atoms with Crippen LogP contribution in [0, 0.1) is 5.21 Å². The summed E-state index contributed by atoms with van der Waals surface area (Å²) in [6.45, 7) is 3.35. The molecule has 20 heavy (non-hydrogen) atoms. The van der Waals surface area contributed by atoms with E-state index in [1.165, 1.54) is 6.92 Å². The molecule has 10 heteroatoms. The molecule has 1 rings (SSSR count). The Hall–Kier alpha value is -2.26. The van der Waals surface area contributed by atoms with Crippen LogP contribution >= 0.6 is 0 Å². The number of hydrogen-bond acceptors (Lipinski definition) is 7. The molecule has 0 aromatic heterocycles. The minimum atomic E-state index is -1.13. The molecule has 0 spiro atoms. The van der Waals surface area contributed by atoms with Gasteiger partial charge in [0.2, 0.25) is 5.28 Å². The van der Waals surface area contributed by atoms with Crippen LogP contribution in [0.2, 0.25) is 0 Å². The van der Waals surface area contributed by atoms with E-state index >= 15 is 0 Å². The van der Waals surface area contributed by atoms with Crippen molar-refractivity contribution in [2.75, 3.05) is 13.2 Å². The van der Waals surface area contributed by atoms with Gasteiger partial charge in [0.1, 0.15) is 0 Å². The first kappa shape index (κ1) is 15.8. The van der Waals surface area contributed by atoms with Gasteiger partial charge in [0, 0.05) is 6.92 Å². The third kappa shape index (κ3) is 4.44. The summed E-state index contributed by atoms with van der Waals surface area (Å²) in [5.74, 6) is -1.10. The van der Waals surface area contributed by atoms with E-state index in [2.05, 4.69) is 19.6 Å². The van der Waals surface area contributed by atoms with Gasteiger partial charge in [-0.1, -0.05) is 0 Å². The molecule has 0 aromatic rings. The lowest BCUT2D eigenvalue weighted by atomic mass is 10.2. The molecule has 10 nitrogen and oxygen atoms in total.